The lowest BCUT2D eigenvalue weighted by Crippen LogP contribution is -2.26. The van der Waals surface area contributed by atoms with Gasteiger partial charge in [-0.25, -0.2) is 0 Å². The van der Waals surface area contributed by atoms with Crippen LogP contribution in [-0.2, 0) is 4.79 Å². The van der Waals surface area contributed by atoms with E-state index in [1.807, 2.05) is 12.1 Å². The molecule has 0 spiro atoms. The number of aliphatic hydroxyl groups excluding tert-OH is 1. The molecule has 4 nitrogen and oxygen atoms in total. The molecule has 2 rings (SSSR count). The first-order chi connectivity index (χ1) is 6.70. The van der Waals surface area contributed by atoms with Gasteiger partial charge in [-0.15, -0.1) is 0 Å². The van der Waals surface area contributed by atoms with Crippen LogP contribution in [0.2, 0.25) is 0 Å². The summed E-state index contributed by atoms with van der Waals surface area (Å²) >= 11 is 0. The van der Waals surface area contributed by atoms with E-state index in [0.717, 1.165) is 5.56 Å². The van der Waals surface area contributed by atoms with E-state index in [9.17, 15) is 9.90 Å². The van der Waals surface area contributed by atoms with Crippen molar-refractivity contribution in [3.8, 4) is 0 Å². The smallest absolute Gasteiger partial charge is 0.251 e. The van der Waals surface area contributed by atoms with Crippen molar-refractivity contribution in [2.24, 2.45) is 0 Å². The second kappa shape index (κ2) is 3.38. The quantitative estimate of drug-likeness (QED) is 0.698. The second-order valence-corrected chi connectivity index (χ2v) is 3.50. The molecule has 1 aliphatic heterocycles. The Bertz CT molecular complexity index is 339. The van der Waals surface area contributed by atoms with E-state index >= 15 is 0 Å². The van der Waals surface area contributed by atoms with Gasteiger partial charge >= 0.3 is 0 Å². The lowest BCUT2D eigenvalue weighted by molar-refractivity contribution is -0.134. The molecular formula is C10H12N2O2. The lowest BCUT2D eigenvalue weighted by atomic mass is 10.1. The normalized spacial score (nSPS) is 27.0. The largest absolute Gasteiger partial charge is 0.383 e. The number of carbonyl (C=O) groups excluding carboxylic acids is 1. The Labute approximate surface area is 82.2 Å². The van der Waals surface area contributed by atoms with Gasteiger partial charge in [0.25, 0.3) is 5.91 Å². The van der Waals surface area contributed by atoms with Crippen LogP contribution in [0, 0.1) is 0 Å². The fraction of sp³-hybridized carbons (Fsp3) is 0.400. The number of aliphatic hydroxyl groups is 1. The molecule has 1 fully saturated rings. The number of likely N-dealkylation sites (N-methyl/N-ethyl adjacent to an activating group) is 1. The highest BCUT2D eigenvalue weighted by Gasteiger charge is 2.36. The molecule has 1 aliphatic rings. The van der Waals surface area contributed by atoms with Gasteiger partial charge in [0.05, 0.1) is 6.04 Å². The summed E-state index contributed by atoms with van der Waals surface area (Å²) in [5, 5.41) is 9.39. The van der Waals surface area contributed by atoms with Gasteiger partial charge in [0.1, 0.15) is 6.10 Å². The summed E-state index contributed by atoms with van der Waals surface area (Å²) in [6.45, 7) is 0. The zero-order valence-electron chi connectivity index (χ0n) is 7.92. The van der Waals surface area contributed by atoms with Crippen LogP contribution >= 0.6 is 0 Å². The Kier molecular flexibility index (Phi) is 2.21. The number of hydrogen-bond acceptors (Lipinski definition) is 3. The van der Waals surface area contributed by atoms with Gasteiger partial charge in [-0.3, -0.25) is 9.78 Å². The Morgan fingerprint density at radius 1 is 1.50 bits per heavy atom. The predicted molar refractivity (Wildman–Crippen MR) is 50.4 cm³/mol. The van der Waals surface area contributed by atoms with Crippen molar-refractivity contribution >= 4 is 5.91 Å². The van der Waals surface area contributed by atoms with Gasteiger partial charge in [-0.1, -0.05) is 0 Å². The van der Waals surface area contributed by atoms with E-state index in [1.165, 1.54) is 0 Å². The minimum Gasteiger partial charge on any atom is -0.383 e. The summed E-state index contributed by atoms with van der Waals surface area (Å²) in [5.41, 5.74) is 1.02. The number of hydrogen-bond donors (Lipinski definition) is 1. The molecule has 4 heteroatoms. The van der Waals surface area contributed by atoms with E-state index in [0.29, 0.717) is 6.42 Å². The molecule has 74 valence electrons. The molecule has 2 heterocycles. The Balaban J connectivity index is 2.26. The van der Waals surface area contributed by atoms with Gasteiger partial charge in [0.2, 0.25) is 0 Å². The fourth-order valence-electron chi connectivity index (χ4n) is 1.80. The summed E-state index contributed by atoms with van der Waals surface area (Å²) in [6.07, 6.45) is 3.01. The van der Waals surface area contributed by atoms with Crippen molar-refractivity contribution in [1.29, 1.82) is 0 Å². The SMILES string of the molecule is CN1C(=O)[C@@H](O)C[C@@H]1c1ccncc1. The van der Waals surface area contributed by atoms with Crippen LogP contribution in [-0.4, -0.2) is 34.0 Å². The van der Waals surface area contributed by atoms with Crippen LogP contribution in [0.25, 0.3) is 0 Å². The highest BCUT2D eigenvalue weighted by molar-refractivity contribution is 5.83. The molecule has 2 atom stereocenters. The van der Waals surface area contributed by atoms with Crippen molar-refractivity contribution < 1.29 is 9.90 Å². The minimum absolute atomic E-state index is 0.0134. The third-order valence-electron chi connectivity index (χ3n) is 2.64. The van der Waals surface area contributed by atoms with E-state index < -0.39 is 6.10 Å². The Hall–Kier alpha value is -1.42. The molecule has 0 bridgehead atoms. The molecule has 1 saturated heterocycles. The number of pyridine rings is 1. The number of nitrogens with zero attached hydrogens (tertiary/aromatic N) is 2. The first kappa shape index (κ1) is 9.15. The van der Waals surface area contributed by atoms with Crippen molar-refractivity contribution in [3.05, 3.63) is 30.1 Å². The average Bonchev–Trinajstić information content (AvgIpc) is 2.47. The van der Waals surface area contributed by atoms with E-state index in [2.05, 4.69) is 4.98 Å². The van der Waals surface area contributed by atoms with Gasteiger partial charge in [-0.2, -0.15) is 0 Å². The number of likely N-dealkylation sites (tertiary alicyclic amines) is 1. The first-order valence-electron chi connectivity index (χ1n) is 4.55. The molecule has 1 aromatic rings. The standard InChI is InChI=1S/C10H12N2O2/c1-12-8(6-9(13)10(12)14)7-2-4-11-5-3-7/h2-5,8-9,13H,6H2,1H3/t8-,9+/m1/s1. The van der Waals surface area contributed by atoms with Crippen LogP contribution in [0.5, 0.6) is 0 Å². The van der Waals surface area contributed by atoms with Gasteiger partial charge in [-0.05, 0) is 17.7 Å². The molecule has 1 amide bonds. The van der Waals surface area contributed by atoms with Crippen molar-refractivity contribution in [2.75, 3.05) is 7.05 Å². The number of rotatable bonds is 1. The van der Waals surface area contributed by atoms with Crippen LogP contribution in [0.15, 0.2) is 24.5 Å². The topological polar surface area (TPSA) is 53.4 Å². The molecule has 1 N–H and O–H groups in total. The van der Waals surface area contributed by atoms with E-state index in [4.69, 9.17) is 0 Å². The molecule has 0 unspecified atom stereocenters. The third-order valence-corrected chi connectivity index (χ3v) is 2.64. The fourth-order valence-corrected chi connectivity index (χ4v) is 1.80. The highest BCUT2D eigenvalue weighted by Crippen LogP contribution is 2.30. The molecular weight excluding hydrogens is 180 g/mol. The number of aromatic nitrogens is 1. The lowest BCUT2D eigenvalue weighted by Gasteiger charge is -2.19. The van der Waals surface area contributed by atoms with Gasteiger partial charge in [0.15, 0.2) is 0 Å². The second-order valence-electron chi connectivity index (χ2n) is 3.50. The molecule has 0 radical (unpaired) electrons. The van der Waals surface area contributed by atoms with Gasteiger partial charge in [0, 0.05) is 25.9 Å². The molecule has 1 aromatic heterocycles. The van der Waals surface area contributed by atoms with Crippen molar-refractivity contribution in [1.82, 2.24) is 9.88 Å². The molecule has 0 saturated carbocycles. The summed E-state index contributed by atoms with van der Waals surface area (Å²) in [6, 6.07) is 3.72. The Morgan fingerprint density at radius 3 is 2.64 bits per heavy atom. The van der Waals surface area contributed by atoms with Crippen molar-refractivity contribution in [3.63, 3.8) is 0 Å². The average molecular weight is 192 g/mol. The minimum atomic E-state index is -0.849. The van der Waals surface area contributed by atoms with Crippen molar-refractivity contribution in [2.45, 2.75) is 18.6 Å². The molecule has 0 aliphatic carbocycles. The summed E-state index contributed by atoms with van der Waals surface area (Å²) in [4.78, 5) is 16.8. The Morgan fingerprint density at radius 2 is 2.14 bits per heavy atom. The first-order valence-corrected chi connectivity index (χ1v) is 4.55. The zero-order chi connectivity index (χ0) is 10.1. The van der Waals surface area contributed by atoms with Crippen LogP contribution in [0.4, 0.5) is 0 Å². The monoisotopic (exact) mass is 192 g/mol. The van der Waals surface area contributed by atoms with E-state index in [-0.39, 0.29) is 11.9 Å². The van der Waals surface area contributed by atoms with Crippen LogP contribution in [0.3, 0.4) is 0 Å². The predicted octanol–water partition coefficient (Wildman–Crippen LogP) is 0.346. The maximum atomic E-state index is 11.3. The maximum Gasteiger partial charge on any atom is 0.251 e. The van der Waals surface area contributed by atoms with Crippen LogP contribution in [0.1, 0.15) is 18.0 Å². The van der Waals surface area contributed by atoms with E-state index in [1.54, 1.807) is 24.3 Å². The number of carbonyl (C=O) groups is 1. The van der Waals surface area contributed by atoms with Crippen LogP contribution < -0.4 is 0 Å². The molecule has 14 heavy (non-hydrogen) atoms. The zero-order valence-corrected chi connectivity index (χ0v) is 7.92. The summed E-state index contributed by atoms with van der Waals surface area (Å²) in [5.74, 6) is -0.202. The summed E-state index contributed by atoms with van der Waals surface area (Å²) in [7, 11) is 1.71. The maximum absolute atomic E-state index is 11.3. The molecule has 0 aromatic carbocycles. The summed E-state index contributed by atoms with van der Waals surface area (Å²) < 4.78 is 0. The highest BCUT2D eigenvalue weighted by atomic mass is 16.3. The van der Waals surface area contributed by atoms with Gasteiger partial charge < -0.3 is 10.0 Å². The third kappa shape index (κ3) is 1.37. The number of amides is 1.